The maximum Gasteiger partial charge on any atom is 0.404 e. The number of nitrogens with zero attached hydrogens (tertiary/aromatic N) is 3. The fourth-order valence-electron chi connectivity index (χ4n) is 3.14. The Labute approximate surface area is 184 Å². The molecule has 0 saturated carbocycles. The number of thiazole rings is 1. The molecule has 1 unspecified atom stereocenters. The van der Waals surface area contributed by atoms with E-state index in [2.05, 4.69) is 9.97 Å². The van der Waals surface area contributed by atoms with Crippen LogP contribution in [-0.2, 0) is 10.0 Å². The summed E-state index contributed by atoms with van der Waals surface area (Å²) < 4.78 is 80.3. The molecule has 1 aromatic carbocycles. The van der Waals surface area contributed by atoms with Crippen molar-refractivity contribution < 1.29 is 26.0 Å². The van der Waals surface area contributed by atoms with Gasteiger partial charge in [-0.05, 0) is 49.7 Å². The van der Waals surface area contributed by atoms with Crippen LogP contribution in [0.5, 0.6) is 0 Å². The van der Waals surface area contributed by atoms with Crippen molar-refractivity contribution in [3.63, 3.8) is 0 Å². The maximum atomic E-state index is 14.1. The van der Waals surface area contributed by atoms with Crippen LogP contribution in [-0.4, -0.2) is 35.2 Å². The van der Waals surface area contributed by atoms with Crippen LogP contribution in [0.2, 0.25) is 0 Å². The summed E-state index contributed by atoms with van der Waals surface area (Å²) in [5.41, 5.74) is 3.63. The molecule has 0 aliphatic rings. The lowest BCUT2D eigenvalue weighted by Gasteiger charge is -2.17. The monoisotopic (exact) mass is 484 g/mol. The highest BCUT2D eigenvalue weighted by molar-refractivity contribution is 7.89. The van der Waals surface area contributed by atoms with Gasteiger partial charge in [-0.1, -0.05) is 0 Å². The summed E-state index contributed by atoms with van der Waals surface area (Å²) in [6, 6.07) is 5.05. The fourth-order valence-corrected chi connectivity index (χ4v) is 4.83. The lowest BCUT2D eigenvalue weighted by molar-refractivity contribution is -0.147. The van der Waals surface area contributed by atoms with E-state index in [9.17, 15) is 26.0 Å². The predicted octanol–water partition coefficient (Wildman–Crippen LogP) is 4.83. The number of aromatic nitrogens is 3. The highest BCUT2D eigenvalue weighted by Gasteiger charge is 2.39. The molecule has 0 aliphatic carbocycles. The Bertz CT molecular complexity index is 1380. The van der Waals surface area contributed by atoms with Gasteiger partial charge < -0.3 is 0 Å². The molecule has 4 aromatic rings. The molecule has 1 N–H and O–H groups in total. The van der Waals surface area contributed by atoms with E-state index in [1.54, 1.807) is 39.2 Å². The number of pyridine rings is 1. The van der Waals surface area contributed by atoms with Crippen molar-refractivity contribution in [2.45, 2.75) is 31.0 Å². The Morgan fingerprint density at radius 1 is 1.16 bits per heavy atom. The van der Waals surface area contributed by atoms with Crippen LogP contribution >= 0.6 is 11.3 Å². The smallest absolute Gasteiger partial charge is 0.292 e. The summed E-state index contributed by atoms with van der Waals surface area (Å²) in [5.74, 6) is 0.198. The molecule has 3 aromatic heterocycles. The molecule has 0 bridgehead atoms. The zero-order valence-electron chi connectivity index (χ0n) is 16.7. The number of nitrogens with one attached hydrogen (secondary N) is 1. The Balaban J connectivity index is 1.78. The number of fused-ring (bicyclic) bond motifs is 1. The van der Waals surface area contributed by atoms with Crippen LogP contribution in [0, 0.1) is 12.7 Å². The molecule has 0 saturated heterocycles. The molecule has 168 valence electrons. The molecular formula is C20H16F4N4O2S2. The van der Waals surface area contributed by atoms with Crippen molar-refractivity contribution in [1.29, 1.82) is 0 Å². The third-order valence-corrected chi connectivity index (χ3v) is 6.96. The topological polar surface area (TPSA) is 76.9 Å². The molecule has 0 amide bonds. The van der Waals surface area contributed by atoms with Gasteiger partial charge in [0.25, 0.3) is 0 Å². The number of hydrogen-bond donors (Lipinski definition) is 1. The number of aryl methyl sites for hydroxylation is 1. The molecule has 0 fully saturated rings. The zero-order valence-corrected chi connectivity index (χ0v) is 18.3. The van der Waals surface area contributed by atoms with E-state index < -0.39 is 27.1 Å². The van der Waals surface area contributed by atoms with Gasteiger partial charge in [-0.2, -0.15) is 17.9 Å². The SMILES string of the molecule is Cc1cc2c(cc1F)cc(-c1ccc(S(=O)(=O)NC(C)C(F)(F)F)cn1)n2-c1cscn1. The summed E-state index contributed by atoms with van der Waals surface area (Å²) in [5, 5.41) is 2.39. The first-order valence-electron chi connectivity index (χ1n) is 9.23. The van der Waals surface area contributed by atoms with Crippen LogP contribution in [0.25, 0.3) is 28.1 Å². The highest BCUT2D eigenvalue weighted by atomic mass is 32.2. The van der Waals surface area contributed by atoms with Crippen LogP contribution in [0.4, 0.5) is 17.6 Å². The van der Waals surface area contributed by atoms with Gasteiger partial charge in [0, 0.05) is 17.0 Å². The normalized spacial score (nSPS) is 13.6. The van der Waals surface area contributed by atoms with Crippen molar-refractivity contribution in [3.8, 4) is 17.2 Å². The number of sulfonamides is 1. The molecule has 0 spiro atoms. The summed E-state index contributed by atoms with van der Waals surface area (Å²) >= 11 is 1.37. The van der Waals surface area contributed by atoms with E-state index >= 15 is 0 Å². The molecule has 6 nitrogen and oxygen atoms in total. The average molecular weight is 485 g/mol. The number of benzene rings is 1. The summed E-state index contributed by atoms with van der Waals surface area (Å²) in [6.07, 6.45) is -3.74. The molecule has 1 atom stereocenters. The van der Waals surface area contributed by atoms with E-state index in [0.29, 0.717) is 40.6 Å². The van der Waals surface area contributed by atoms with Gasteiger partial charge in [-0.25, -0.2) is 17.8 Å². The number of alkyl halides is 3. The molecule has 3 heterocycles. The summed E-state index contributed by atoms with van der Waals surface area (Å²) in [7, 11) is -4.43. The molecule has 0 aliphatic heterocycles. The van der Waals surface area contributed by atoms with Crippen LogP contribution in [0.15, 0.2) is 52.3 Å². The average Bonchev–Trinajstić information content (AvgIpc) is 3.35. The van der Waals surface area contributed by atoms with Gasteiger partial charge in [-0.15, -0.1) is 11.3 Å². The second-order valence-corrected chi connectivity index (χ2v) is 9.57. The minimum Gasteiger partial charge on any atom is -0.292 e. The van der Waals surface area contributed by atoms with Gasteiger partial charge >= 0.3 is 6.18 Å². The quantitative estimate of drug-likeness (QED) is 0.412. The molecule has 0 radical (unpaired) electrons. The van der Waals surface area contributed by atoms with Crippen molar-refractivity contribution in [2.75, 3.05) is 0 Å². The Morgan fingerprint density at radius 3 is 2.50 bits per heavy atom. The van der Waals surface area contributed by atoms with E-state index in [0.717, 1.165) is 6.20 Å². The number of rotatable bonds is 5. The first-order valence-corrected chi connectivity index (χ1v) is 11.7. The summed E-state index contributed by atoms with van der Waals surface area (Å²) in [6.45, 7) is 2.35. The van der Waals surface area contributed by atoms with Crippen LogP contribution in [0.1, 0.15) is 12.5 Å². The summed E-state index contributed by atoms with van der Waals surface area (Å²) in [4.78, 5) is 8.06. The largest absolute Gasteiger partial charge is 0.404 e. The van der Waals surface area contributed by atoms with Gasteiger partial charge in [0.15, 0.2) is 0 Å². The lowest BCUT2D eigenvalue weighted by atomic mass is 10.1. The van der Waals surface area contributed by atoms with Gasteiger partial charge in [0.05, 0.1) is 22.4 Å². The van der Waals surface area contributed by atoms with Gasteiger partial charge in [0.1, 0.15) is 22.6 Å². The molecular weight excluding hydrogens is 468 g/mol. The third kappa shape index (κ3) is 4.12. The fraction of sp³-hybridized carbons (Fsp3) is 0.200. The number of halogens is 4. The van der Waals surface area contributed by atoms with E-state index in [1.165, 1.54) is 29.5 Å². The van der Waals surface area contributed by atoms with E-state index in [1.807, 2.05) is 0 Å². The van der Waals surface area contributed by atoms with E-state index in [-0.39, 0.29) is 5.82 Å². The minimum atomic E-state index is -4.72. The highest BCUT2D eigenvalue weighted by Crippen LogP contribution is 2.32. The molecule has 4 rings (SSSR count). The van der Waals surface area contributed by atoms with Crippen molar-refractivity contribution in [3.05, 3.63) is 58.8 Å². The second kappa shape index (κ2) is 7.94. The zero-order chi connectivity index (χ0) is 23.3. The van der Waals surface area contributed by atoms with Gasteiger partial charge in [0.2, 0.25) is 10.0 Å². The standard InChI is InChI=1S/C20H16F4N4O2S2/c1-11-5-17-13(6-15(11)21)7-18(28(17)19-9-31-10-26-19)16-4-3-14(8-25-16)32(29,30)27-12(2)20(22,23)24/h3-10,12,27H,1-2H3. The van der Waals surface area contributed by atoms with Crippen LogP contribution in [0.3, 0.4) is 0 Å². The Morgan fingerprint density at radius 2 is 1.91 bits per heavy atom. The van der Waals surface area contributed by atoms with Crippen molar-refractivity contribution >= 4 is 32.3 Å². The lowest BCUT2D eigenvalue weighted by Crippen LogP contribution is -2.42. The first kappa shape index (κ1) is 22.4. The first-order chi connectivity index (χ1) is 15.0. The predicted molar refractivity (Wildman–Crippen MR) is 113 cm³/mol. The Hall–Kier alpha value is -2.83. The van der Waals surface area contributed by atoms with Crippen LogP contribution < -0.4 is 4.72 Å². The van der Waals surface area contributed by atoms with Crippen molar-refractivity contribution in [1.82, 2.24) is 19.3 Å². The number of hydrogen-bond acceptors (Lipinski definition) is 5. The third-order valence-electron chi connectivity index (χ3n) is 4.86. The van der Waals surface area contributed by atoms with Crippen molar-refractivity contribution in [2.24, 2.45) is 0 Å². The van der Waals surface area contributed by atoms with Gasteiger partial charge in [-0.3, -0.25) is 9.55 Å². The Kier molecular flexibility index (Phi) is 5.55. The second-order valence-electron chi connectivity index (χ2n) is 7.14. The minimum absolute atomic E-state index is 0.343. The molecule has 12 heteroatoms. The maximum absolute atomic E-state index is 14.1. The molecule has 32 heavy (non-hydrogen) atoms. The van der Waals surface area contributed by atoms with E-state index in [4.69, 9.17) is 0 Å².